The van der Waals surface area contributed by atoms with E-state index < -0.39 is 10.0 Å². The standard InChI is InChI=1S/C21H28N4O4S/c1-23-14-19(22-16-23)30(27,28)25-11-8-21(15-25)6-9-24(10-7-21)20(26)13-17-4-3-5-18(12-17)29-2/h3-5,12,14,16H,6-11,13,15H2,1-2H3. The highest BCUT2D eigenvalue weighted by atomic mass is 32.2. The van der Waals surface area contributed by atoms with Crippen molar-refractivity contribution < 1.29 is 17.9 Å². The summed E-state index contributed by atoms with van der Waals surface area (Å²) in [5.41, 5.74) is 0.891. The van der Waals surface area contributed by atoms with Crippen molar-refractivity contribution in [2.24, 2.45) is 12.5 Å². The Balaban J connectivity index is 1.35. The first-order valence-corrected chi connectivity index (χ1v) is 11.6. The minimum Gasteiger partial charge on any atom is -0.497 e. The highest BCUT2D eigenvalue weighted by Gasteiger charge is 2.45. The van der Waals surface area contributed by atoms with Crippen LogP contribution in [0.25, 0.3) is 0 Å². The second kappa shape index (κ2) is 8.03. The van der Waals surface area contributed by atoms with Crippen molar-refractivity contribution in [3.8, 4) is 5.75 Å². The third-order valence-electron chi connectivity index (χ3n) is 6.35. The van der Waals surface area contributed by atoms with E-state index in [1.165, 1.54) is 6.33 Å². The summed E-state index contributed by atoms with van der Waals surface area (Å²) in [6.07, 6.45) is 5.88. The second-order valence-corrected chi connectivity index (χ2v) is 10.3. The van der Waals surface area contributed by atoms with E-state index in [1.54, 1.807) is 29.2 Å². The van der Waals surface area contributed by atoms with Crippen LogP contribution in [0.2, 0.25) is 0 Å². The van der Waals surface area contributed by atoms with Crippen LogP contribution in [0.15, 0.2) is 41.8 Å². The van der Waals surface area contributed by atoms with Gasteiger partial charge >= 0.3 is 0 Å². The Labute approximate surface area is 177 Å². The molecular weight excluding hydrogens is 404 g/mol. The van der Waals surface area contributed by atoms with Gasteiger partial charge in [-0.2, -0.15) is 4.31 Å². The number of rotatable bonds is 5. The smallest absolute Gasteiger partial charge is 0.262 e. The number of piperidine rings is 1. The summed E-state index contributed by atoms with van der Waals surface area (Å²) in [5.74, 6) is 0.854. The monoisotopic (exact) mass is 432 g/mol. The maximum Gasteiger partial charge on any atom is 0.262 e. The van der Waals surface area contributed by atoms with Crippen molar-refractivity contribution in [3.05, 3.63) is 42.4 Å². The topological polar surface area (TPSA) is 84.7 Å². The summed E-state index contributed by atoms with van der Waals surface area (Å²) in [4.78, 5) is 18.7. The van der Waals surface area contributed by atoms with Crippen LogP contribution in [0.3, 0.4) is 0 Å². The van der Waals surface area contributed by atoms with Crippen molar-refractivity contribution in [2.45, 2.75) is 30.7 Å². The Morgan fingerprint density at radius 2 is 1.93 bits per heavy atom. The van der Waals surface area contributed by atoms with Crippen LogP contribution >= 0.6 is 0 Å². The van der Waals surface area contributed by atoms with Gasteiger partial charge in [0.1, 0.15) is 5.75 Å². The molecule has 0 unspecified atom stereocenters. The summed E-state index contributed by atoms with van der Waals surface area (Å²) in [6.45, 7) is 2.35. The molecule has 0 N–H and O–H groups in total. The molecule has 2 aliphatic rings. The zero-order valence-corrected chi connectivity index (χ0v) is 18.3. The highest BCUT2D eigenvalue weighted by Crippen LogP contribution is 2.42. The summed E-state index contributed by atoms with van der Waals surface area (Å²) < 4.78 is 34.2. The van der Waals surface area contributed by atoms with Crippen molar-refractivity contribution in [2.75, 3.05) is 33.3 Å². The van der Waals surface area contributed by atoms with Gasteiger partial charge in [-0.3, -0.25) is 4.79 Å². The number of amides is 1. The Hall–Kier alpha value is -2.39. The van der Waals surface area contributed by atoms with Gasteiger partial charge in [-0.25, -0.2) is 13.4 Å². The molecule has 2 aliphatic heterocycles. The summed E-state index contributed by atoms with van der Waals surface area (Å²) in [7, 11) is -0.187. The van der Waals surface area contributed by atoms with Gasteiger partial charge < -0.3 is 14.2 Å². The predicted molar refractivity (Wildman–Crippen MR) is 112 cm³/mol. The van der Waals surface area contributed by atoms with E-state index in [4.69, 9.17) is 4.74 Å². The van der Waals surface area contributed by atoms with Crippen LogP contribution in [0.5, 0.6) is 5.75 Å². The molecule has 1 aromatic heterocycles. The molecule has 0 bridgehead atoms. The lowest BCUT2D eigenvalue weighted by molar-refractivity contribution is -0.132. The molecule has 1 amide bonds. The van der Waals surface area contributed by atoms with Crippen LogP contribution in [0.1, 0.15) is 24.8 Å². The van der Waals surface area contributed by atoms with Crippen LogP contribution in [0.4, 0.5) is 0 Å². The van der Waals surface area contributed by atoms with Crippen molar-refractivity contribution in [1.82, 2.24) is 18.8 Å². The van der Waals surface area contributed by atoms with E-state index in [0.29, 0.717) is 32.6 Å². The normalized spacial score (nSPS) is 19.3. The van der Waals surface area contributed by atoms with Crippen LogP contribution in [-0.2, 0) is 28.3 Å². The molecule has 3 heterocycles. The molecule has 1 spiro atoms. The van der Waals surface area contributed by atoms with Gasteiger partial charge in [-0.1, -0.05) is 12.1 Å². The molecule has 2 saturated heterocycles. The molecule has 0 saturated carbocycles. The average Bonchev–Trinajstić information content (AvgIpc) is 3.36. The number of benzene rings is 1. The van der Waals surface area contributed by atoms with Gasteiger partial charge in [-0.15, -0.1) is 0 Å². The van der Waals surface area contributed by atoms with E-state index in [0.717, 1.165) is 30.6 Å². The average molecular weight is 433 g/mol. The van der Waals surface area contributed by atoms with Gasteiger partial charge in [0.15, 0.2) is 5.03 Å². The molecule has 9 heteroatoms. The fourth-order valence-corrected chi connectivity index (χ4v) is 5.98. The fraction of sp³-hybridized carbons (Fsp3) is 0.524. The van der Waals surface area contributed by atoms with E-state index in [1.807, 2.05) is 29.2 Å². The number of aromatic nitrogens is 2. The number of methoxy groups -OCH3 is 1. The molecule has 2 fully saturated rings. The minimum atomic E-state index is -3.56. The maximum absolute atomic E-state index is 12.9. The third-order valence-corrected chi connectivity index (χ3v) is 8.09. The lowest BCUT2D eigenvalue weighted by Crippen LogP contribution is -2.45. The molecule has 2 aromatic rings. The van der Waals surface area contributed by atoms with E-state index in [2.05, 4.69) is 4.98 Å². The Kier molecular flexibility index (Phi) is 5.59. The summed E-state index contributed by atoms with van der Waals surface area (Å²) in [5, 5.41) is 0.105. The predicted octanol–water partition coefficient (Wildman–Crippen LogP) is 1.67. The number of ether oxygens (including phenoxy) is 1. The molecule has 8 nitrogen and oxygen atoms in total. The fourth-order valence-electron chi connectivity index (χ4n) is 4.46. The molecule has 162 valence electrons. The molecule has 0 atom stereocenters. The quantitative estimate of drug-likeness (QED) is 0.718. The first kappa shape index (κ1) is 20.9. The zero-order valence-electron chi connectivity index (χ0n) is 17.5. The van der Waals surface area contributed by atoms with E-state index in [9.17, 15) is 13.2 Å². The first-order valence-electron chi connectivity index (χ1n) is 10.2. The Morgan fingerprint density at radius 3 is 2.60 bits per heavy atom. The van der Waals surface area contributed by atoms with Crippen molar-refractivity contribution in [3.63, 3.8) is 0 Å². The van der Waals surface area contributed by atoms with Gasteiger partial charge in [0, 0.05) is 39.4 Å². The lowest BCUT2D eigenvalue weighted by Gasteiger charge is -2.39. The summed E-state index contributed by atoms with van der Waals surface area (Å²) in [6, 6.07) is 7.58. The number of sulfonamides is 1. The molecule has 1 aromatic carbocycles. The van der Waals surface area contributed by atoms with Crippen LogP contribution < -0.4 is 4.74 Å². The van der Waals surface area contributed by atoms with E-state index in [-0.39, 0.29) is 16.3 Å². The summed E-state index contributed by atoms with van der Waals surface area (Å²) >= 11 is 0. The molecule has 4 rings (SSSR count). The van der Waals surface area contributed by atoms with Crippen LogP contribution in [0, 0.1) is 5.41 Å². The lowest BCUT2D eigenvalue weighted by atomic mass is 9.78. The number of hydrogen-bond donors (Lipinski definition) is 0. The van der Waals surface area contributed by atoms with Gasteiger partial charge in [0.05, 0.1) is 19.9 Å². The largest absolute Gasteiger partial charge is 0.497 e. The molecule has 0 aliphatic carbocycles. The second-order valence-electron chi connectivity index (χ2n) is 8.38. The molecular formula is C21H28N4O4S. The SMILES string of the molecule is COc1cccc(CC(=O)N2CCC3(CC2)CCN(S(=O)(=O)c2cn(C)cn2)C3)c1. The minimum absolute atomic E-state index is 0.0470. The Morgan fingerprint density at radius 1 is 1.20 bits per heavy atom. The molecule has 30 heavy (non-hydrogen) atoms. The van der Waals surface area contributed by atoms with Gasteiger partial charge in [0.2, 0.25) is 5.91 Å². The van der Waals surface area contributed by atoms with Gasteiger partial charge in [0.25, 0.3) is 10.0 Å². The van der Waals surface area contributed by atoms with Crippen LogP contribution in [-0.4, -0.2) is 66.4 Å². The first-order chi connectivity index (χ1) is 14.3. The van der Waals surface area contributed by atoms with Crippen molar-refractivity contribution in [1.29, 1.82) is 0 Å². The van der Waals surface area contributed by atoms with Crippen molar-refractivity contribution >= 4 is 15.9 Å². The highest BCUT2D eigenvalue weighted by molar-refractivity contribution is 7.89. The van der Waals surface area contributed by atoms with Gasteiger partial charge in [-0.05, 0) is 42.4 Å². The Bertz CT molecular complexity index is 1030. The van der Waals surface area contributed by atoms with E-state index >= 15 is 0 Å². The number of hydrogen-bond acceptors (Lipinski definition) is 5. The maximum atomic E-state index is 12.9. The number of carbonyl (C=O) groups excluding carboxylic acids is 1. The number of likely N-dealkylation sites (tertiary alicyclic amines) is 1. The number of aryl methyl sites for hydroxylation is 1. The number of imidazole rings is 1. The zero-order chi connectivity index (χ0) is 21.4. The number of carbonyl (C=O) groups is 1. The molecule has 0 radical (unpaired) electrons. The third kappa shape index (κ3) is 4.09. The number of nitrogens with zero attached hydrogens (tertiary/aromatic N) is 4.